The zero-order valence-corrected chi connectivity index (χ0v) is 7.08. The number of rotatable bonds is 0. The maximum atomic E-state index is 11.3. The number of aliphatic imine (C=N–C) groups is 1. The van der Waals surface area contributed by atoms with Gasteiger partial charge < -0.3 is 0 Å². The molecule has 0 saturated heterocycles. The number of nitrogens with zero attached hydrogens (tertiary/aromatic N) is 2. The van der Waals surface area contributed by atoms with E-state index in [0.717, 1.165) is 0 Å². The zero-order chi connectivity index (χ0) is 8.55. The van der Waals surface area contributed by atoms with Gasteiger partial charge >= 0.3 is 0 Å². The molecule has 0 bridgehead atoms. The van der Waals surface area contributed by atoms with Gasteiger partial charge in [0.25, 0.3) is 0 Å². The van der Waals surface area contributed by atoms with Crippen LogP contribution in [0, 0.1) is 0 Å². The molecule has 4 heteroatoms. The van der Waals surface area contributed by atoms with Crippen molar-refractivity contribution in [3.8, 4) is 0 Å². The maximum Gasteiger partial charge on any atom is 0.234 e. The summed E-state index contributed by atoms with van der Waals surface area (Å²) in [5.41, 5.74) is 0. The number of hydrogen-bond acceptors (Lipinski definition) is 2. The molecular weight excluding hydrogens is 176 g/mol. The quantitative estimate of drug-likeness (QED) is 0.555. The summed E-state index contributed by atoms with van der Waals surface area (Å²) in [4.78, 5) is 16.9. The van der Waals surface area contributed by atoms with E-state index in [2.05, 4.69) is 4.99 Å². The Hall–Kier alpha value is -1.09. The number of fused-ring (bicyclic) bond motifs is 1. The third kappa shape index (κ3) is 1.16. The van der Waals surface area contributed by atoms with Crippen molar-refractivity contribution < 1.29 is 4.79 Å². The van der Waals surface area contributed by atoms with E-state index in [1.807, 2.05) is 0 Å². The van der Waals surface area contributed by atoms with Crippen LogP contribution in [-0.2, 0) is 4.79 Å². The van der Waals surface area contributed by atoms with Gasteiger partial charge in [0.15, 0.2) is 0 Å². The highest BCUT2D eigenvalue weighted by Crippen LogP contribution is 2.16. The predicted molar refractivity (Wildman–Crippen MR) is 46.8 cm³/mol. The van der Waals surface area contributed by atoms with Crippen LogP contribution < -0.4 is 0 Å². The van der Waals surface area contributed by atoms with Crippen molar-refractivity contribution in [3.05, 3.63) is 23.4 Å². The van der Waals surface area contributed by atoms with Crippen LogP contribution >= 0.6 is 11.6 Å². The van der Waals surface area contributed by atoms with E-state index in [0.29, 0.717) is 23.8 Å². The summed E-state index contributed by atoms with van der Waals surface area (Å²) in [5.74, 6) is 0.732. The minimum Gasteiger partial charge on any atom is -0.274 e. The molecule has 0 radical (unpaired) electrons. The van der Waals surface area contributed by atoms with Gasteiger partial charge in [-0.1, -0.05) is 11.6 Å². The lowest BCUT2D eigenvalue weighted by atomic mass is 10.2. The van der Waals surface area contributed by atoms with Crippen LogP contribution in [0.1, 0.15) is 6.42 Å². The van der Waals surface area contributed by atoms with Crippen LogP contribution in [-0.4, -0.2) is 23.2 Å². The first-order valence-corrected chi connectivity index (χ1v) is 4.07. The molecule has 0 saturated carbocycles. The van der Waals surface area contributed by atoms with Crippen LogP contribution in [0.3, 0.4) is 0 Å². The highest BCUT2D eigenvalue weighted by atomic mass is 35.5. The monoisotopic (exact) mass is 182 g/mol. The van der Waals surface area contributed by atoms with Gasteiger partial charge in [0.05, 0.1) is 6.54 Å². The molecule has 2 aliphatic heterocycles. The third-order valence-electron chi connectivity index (χ3n) is 1.76. The zero-order valence-electron chi connectivity index (χ0n) is 6.33. The van der Waals surface area contributed by atoms with Gasteiger partial charge in [0, 0.05) is 17.7 Å². The van der Waals surface area contributed by atoms with E-state index < -0.39 is 0 Å². The van der Waals surface area contributed by atoms with Gasteiger partial charge in [-0.05, 0) is 12.2 Å². The number of allylic oxidation sites excluding steroid dienone is 2. The average molecular weight is 183 g/mol. The number of halogens is 1. The van der Waals surface area contributed by atoms with Crippen molar-refractivity contribution in [2.24, 2.45) is 4.99 Å². The second kappa shape index (κ2) is 2.75. The van der Waals surface area contributed by atoms with E-state index in [1.165, 1.54) is 4.90 Å². The number of hydrogen-bond donors (Lipinski definition) is 0. The molecule has 12 heavy (non-hydrogen) atoms. The van der Waals surface area contributed by atoms with E-state index >= 15 is 0 Å². The molecular formula is C8H7ClN2O. The normalized spacial score (nSPS) is 21.8. The largest absolute Gasteiger partial charge is 0.274 e. The van der Waals surface area contributed by atoms with E-state index in [9.17, 15) is 4.79 Å². The summed E-state index contributed by atoms with van der Waals surface area (Å²) in [7, 11) is 0. The molecule has 3 nitrogen and oxygen atoms in total. The molecule has 0 aromatic carbocycles. The summed E-state index contributed by atoms with van der Waals surface area (Å²) in [5, 5.41) is 0.611. The fraction of sp³-hybridized carbons (Fsp3) is 0.250. The Kier molecular flexibility index (Phi) is 1.73. The minimum atomic E-state index is 0.0802. The van der Waals surface area contributed by atoms with Gasteiger partial charge in [-0.3, -0.25) is 14.7 Å². The molecule has 2 aliphatic rings. The van der Waals surface area contributed by atoms with Crippen LogP contribution in [0.2, 0.25) is 0 Å². The smallest absolute Gasteiger partial charge is 0.234 e. The highest BCUT2D eigenvalue weighted by Gasteiger charge is 2.21. The number of amidine groups is 1. The van der Waals surface area contributed by atoms with Gasteiger partial charge in [0.1, 0.15) is 5.84 Å². The first-order chi connectivity index (χ1) is 5.77. The molecule has 0 aliphatic carbocycles. The third-order valence-corrected chi connectivity index (χ3v) is 2.00. The van der Waals surface area contributed by atoms with Crippen LogP contribution in [0.5, 0.6) is 0 Å². The molecule has 0 unspecified atom stereocenters. The lowest BCUT2D eigenvalue weighted by Crippen LogP contribution is -2.36. The molecule has 1 amide bonds. The van der Waals surface area contributed by atoms with Crippen molar-refractivity contribution in [3.63, 3.8) is 0 Å². The summed E-state index contributed by atoms with van der Waals surface area (Å²) >= 11 is 5.74. The van der Waals surface area contributed by atoms with Crippen molar-refractivity contribution in [1.29, 1.82) is 0 Å². The summed E-state index contributed by atoms with van der Waals surface area (Å²) < 4.78 is 0. The lowest BCUT2D eigenvalue weighted by Gasteiger charge is -2.24. The molecule has 0 aromatic rings. The lowest BCUT2D eigenvalue weighted by molar-refractivity contribution is -0.125. The van der Waals surface area contributed by atoms with Crippen molar-refractivity contribution >= 4 is 23.3 Å². The van der Waals surface area contributed by atoms with Gasteiger partial charge in [-0.25, -0.2) is 0 Å². The molecule has 0 aromatic heterocycles. The second-order valence-electron chi connectivity index (χ2n) is 2.60. The molecule has 0 N–H and O–H groups in total. The Balaban J connectivity index is 2.37. The average Bonchev–Trinajstić information content (AvgIpc) is 2.04. The van der Waals surface area contributed by atoms with Crippen LogP contribution in [0.15, 0.2) is 28.4 Å². The van der Waals surface area contributed by atoms with Gasteiger partial charge in [0.2, 0.25) is 5.91 Å². The molecule has 0 spiro atoms. The number of amides is 1. The van der Waals surface area contributed by atoms with E-state index in [1.54, 1.807) is 18.4 Å². The van der Waals surface area contributed by atoms with E-state index in [-0.39, 0.29) is 5.91 Å². The van der Waals surface area contributed by atoms with Crippen molar-refractivity contribution in [2.75, 3.05) is 6.54 Å². The fourth-order valence-corrected chi connectivity index (χ4v) is 1.34. The molecule has 2 heterocycles. The fourth-order valence-electron chi connectivity index (χ4n) is 1.18. The predicted octanol–water partition coefficient (Wildman–Crippen LogP) is 1.27. The summed E-state index contributed by atoms with van der Waals surface area (Å²) in [6.07, 6.45) is 5.52. The molecule has 2 rings (SSSR count). The van der Waals surface area contributed by atoms with Crippen LogP contribution in [0.25, 0.3) is 0 Å². The van der Waals surface area contributed by atoms with E-state index in [4.69, 9.17) is 11.6 Å². The Bertz CT molecular complexity index is 317. The van der Waals surface area contributed by atoms with Crippen molar-refractivity contribution in [1.82, 2.24) is 4.90 Å². The van der Waals surface area contributed by atoms with Crippen molar-refractivity contribution in [2.45, 2.75) is 6.42 Å². The SMILES string of the molecule is O=C1CCN=C2C=C(Cl)C=CN12. The van der Waals surface area contributed by atoms with Crippen LogP contribution in [0.4, 0.5) is 0 Å². The molecule has 62 valence electrons. The topological polar surface area (TPSA) is 32.7 Å². The molecule has 0 fully saturated rings. The minimum absolute atomic E-state index is 0.0802. The Morgan fingerprint density at radius 1 is 1.58 bits per heavy atom. The maximum absolute atomic E-state index is 11.3. The summed E-state index contributed by atoms with van der Waals surface area (Å²) in [6, 6.07) is 0. The highest BCUT2D eigenvalue weighted by molar-refractivity contribution is 6.33. The Morgan fingerprint density at radius 3 is 3.25 bits per heavy atom. The number of carbonyl (C=O) groups is 1. The Labute approximate surface area is 75.0 Å². The first kappa shape index (κ1) is 7.55. The second-order valence-corrected chi connectivity index (χ2v) is 3.04. The number of carbonyl (C=O) groups excluding carboxylic acids is 1. The standard InChI is InChI=1S/C8H7ClN2O/c9-6-2-4-11-7(5-6)10-3-1-8(11)12/h2,4-5H,1,3H2. The first-order valence-electron chi connectivity index (χ1n) is 3.69. The Morgan fingerprint density at radius 2 is 2.42 bits per heavy atom. The molecule has 0 atom stereocenters. The summed E-state index contributed by atoms with van der Waals surface area (Å²) in [6.45, 7) is 0.569. The van der Waals surface area contributed by atoms with Gasteiger partial charge in [-0.2, -0.15) is 0 Å². The van der Waals surface area contributed by atoms with Gasteiger partial charge in [-0.15, -0.1) is 0 Å².